The molecule has 1 amide bonds. The van der Waals surface area contributed by atoms with Crippen LogP contribution in [-0.4, -0.2) is 20.9 Å². The Bertz CT molecular complexity index is 1140. The minimum atomic E-state index is -0.539. The SMILES string of the molecule is O=C(N[C@@H](Cc1cccc(F)c1)c1cccc(F)c1)c1cnc2nc[nH]c2c1. The zero-order valence-corrected chi connectivity index (χ0v) is 14.7. The van der Waals surface area contributed by atoms with E-state index in [1.807, 2.05) is 0 Å². The number of carbonyl (C=O) groups excluding carboxylic acids is 1. The molecule has 0 unspecified atom stereocenters. The van der Waals surface area contributed by atoms with Crippen molar-refractivity contribution >= 4 is 17.1 Å². The standard InChI is InChI=1S/C21H16F2N4O/c22-16-5-1-3-13(7-16)8-18(14-4-2-6-17(23)9-14)27-21(28)15-10-19-20(24-11-15)26-12-25-19/h1-7,9-12,18H,8H2,(H,27,28)(H,24,25,26)/t18-/m0/s1. The summed E-state index contributed by atoms with van der Waals surface area (Å²) in [6.45, 7) is 0. The second-order valence-corrected chi connectivity index (χ2v) is 6.41. The van der Waals surface area contributed by atoms with Crippen molar-refractivity contribution in [2.75, 3.05) is 0 Å². The quantitative estimate of drug-likeness (QED) is 0.552. The number of H-pyrrole nitrogens is 1. The minimum absolute atomic E-state index is 0.312. The van der Waals surface area contributed by atoms with E-state index < -0.39 is 11.9 Å². The molecule has 0 aliphatic carbocycles. The summed E-state index contributed by atoms with van der Waals surface area (Å²) in [5.41, 5.74) is 2.78. The first kappa shape index (κ1) is 17.8. The summed E-state index contributed by atoms with van der Waals surface area (Å²) >= 11 is 0. The number of nitrogens with one attached hydrogen (secondary N) is 2. The Morgan fingerprint density at radius 3 is 2.61 bits per heavy atom. The number of amides is 1. The largest absolute Gasteiger partial charge is 0.345 e. The Labute approximate surface area is 159 Å². The maximum Gasteiger partial charge on any atom is 0.253 e. The van der Waals surface area contributed by atoms with Crippen LogP contribution in [0.4, 0.5) is 8.78 Å². The van der Waals surface area contributed by atoms with Gasteiger partial charge in [-0.3, -0.25) is 4.79 Å². The summed E-state index contributed by atoms with van der Waals surface area (Å²) < 4.78 is 27.3. The molecule has 0 aliphatic heterocycles. The number of halogens is 2. The van der Waals surface area contributed by atoms with E-state index in [1.54, 1.807) is 30.3 Å². The van der Waals surface area contributed by atoms with Gasteiger partial charge in [0.2, 0.25) is 0 Å². The lowest BCUT2D eigenvalue weighted by molar-refractivity contribution is 0.0936. The van der Waals surface area contributed by atoms with Gasteiger partial charge in [-0.05, 0) is 47.9 Å². The van der Waals surface area contributed by atoms with E-state index in [0.29, 0.717) is 34.3 Å². The predicted octanol–water partition coefficient (Wildman–Crippen LogP) is 3.95. The summed E-state index contributed by atoms with van der Waals surface area (Å²) in [5.74, 6) is -1.14. The first-order chi connectivity index (χ1) is 13.6. The average molecular weight is 378 g/mol. The van der Waals surface area contributed by atoms with Crippen molar-refractivity contribution in [3.05, 3.63) is 95.4 Å². The van der Waals surface area contributed by atoms with Crippen molar-refractivity contribution in [2.45, 2.75) is 12.5 Å². The minimum Gasteiger partial charge on any atom is -0.345 e. The normalized spacial score (nSPS) is 12.1. The van der Waals surface area contributed by atoms with E-state index in [9.17, 15) is 13.6 Å². The van der Waals surface area contributed by atoms with Crippen LogP contribution in [0, 0.1) is 11.6 Å². The maximum atomic E-state index is 13.7. The molecule has 0 saturated heterocycles. The molecule has 0 bridgehead atoms. The molecule has 28 heavy (non-hydrogen) atoms. The van der Waals surface area contributed by atoms with Crippen LogP contribution in [0.15, 0.2) is 67.1 Å². The van der Waals surface area contributed by atoms with Crippen molar-refractivity contribution in [1.29, 1.82) is 0 Å². The van der Waals surface area contributed by atoms with Gasteiger partial charge in [0, 0.05) is 6.20 Å². The number of fused-ring (bicyclic) bond motifs is 1. The highest BCUT2D eigenvalue weighted by atomic mass is 19.1. The molecule has 2 aromatic heterocycles. The molecule has 7 heteroatoms. The molecule has 2 heterocycles. The molecule has 140 valence electrons. The number of benzene rings is 2. The number of hydrogen-bond acceptors (Lipinski definition) is 3. The molecule has 4 aromatic rings. The fraction of sp³-hybridized carbons (Fsp3) is 0.0952. The smallest absolute Gasteiger partial charge is 0.253 e. The Hall–Kier alpha value is -3.61. The molecule has 2 N–H and O–H groups in total. The van der Waals surface area contributed by atoms with Crippen LogP contribution in [-0.2, 0) is 6.42 Å². The zero-order chi connectivity index (χ0) is 19.5. The lowest BCUT2D eigenvalue weighted by Crippen LogP contribution is -2.30. The second-order valence-electron chi connectivity index (χ2n) is 6.41. The third-order valence-electron chi connectivity index (χ3n) is 4.42. The van der Waals surface area contributed by atoms with E-state index in [4.69, 9.17) is 0 Å². The molecule has 0 radical (unpaired) electrons. The third-order valence-corrected chi connectivity index (χ3v) is 4.42. The van der Waals surface area contributed by atoms with Gasteiger partial charge in [-0.2, -0.15) is 0 Å². The number of aromatic nitrogens is 3. The highest BCUT2D eigenvalue weighted by Crippen LogP contribution is 2.21. The van der Waals surface area contributed by atoms with Crippen LogP contribution in [0.5, 0.6) is 0 Å². The van der Waals surface area contributed by atoms with Gasteiger partial charge >= 0.3 is 0 Å². The Kier molecular flexibility index (Phi) is 4.80. The number of aromatic amines is 1. The summed E-state index contributed by atoms with van der Waals surface area (Å²) in [7, 11) is 0. The maximum absolute atomic E-state index is 13.7. The Morgan fingerprint density at radius 2 is 1.82 bits per heavy atom. The summed E-state index contributed by atoms with van der Waals surface area (Å²) in [6.07, 6.45) is 3.24. The van der Waals surface area contributed by atoms with Gasteiger partial charge in [-0.15, -0.1) is 0 Å². The average Bonchev–Trinajstić information content (AvgIpc) is 3.15. The van der Waals surface area contributed by atoms with Crippen molar-refractivity contribution < 1.29 is 13.6 Å². The number of pyridine rings is 1. The molecule has 2 aromatic carbocycles. The highest BCUT2D eigenvalue weighted by Gasteiger charge is 2.18. The van der Waals surface area contributed by atoms with Gasteiger partial charge in [-0.1, -0.05) is 24.3 Å². The number of rotatable bonds is 5. The Balaban J connectivity index is 1.63. The Morgan fingerprint density at radius 1 is 1.04 bits per heavy atom. The van der Waals surface area contributed by atoms with Crippen LogP contribution in [0.25, 0.3) is 11.2 Å². The van der Waals surface area contributed by atoms with Gasteiger partial charge in [0.1, 0.15) is 11.6 Å². The molecule has 0 saturated carbocycles. The molecule has 5 nitrogen and oxygen atoms in total. The summed E-state index contributed by atoms with van der Waals surface area (Å²) in [6, 6.07) is 13.2. The molecule has 0 aliphatic rings. The molecule has 0 spiro atoms. The van der Waals surface area contributed by atoms with E-state index in [-0.39, 0.29) is 11.7 Å². The fourth-order valence-corrected chi connectivity index (χ4v) is 3.07. The second kappa shape index (κ2) is 7.56. The number of hydrogen-bond donors (Lipinski definition) is 2. The van der Waals surface area contributed by atoms with Crippen molar-refractivity contribution in [3.8, 4) is 0 Å². The van der Waals surface area contributed by atoms with Crippen LogP contribution < -0.4 is 5.32 Å². The lowest BCUT2D eigenvalue weighted by atomic mass is 9.98. The monoisotopic (exact) mass is 378 g/mol. The molecule has 1 atom stereocenters. The van der Waals surface area contributed by atoms with Crippen LogP contribution in [0.3, 0.4) is 0 Å². The van der Waals surface area contributed by atoms with Crippen LogP contribution in [0.1, 0.15) is 27.5 Å². The lowest BCUT2D eigenvalue weighted by Gasteiger charge is -2.20. The summed E-state index contributed by atoms with van der Waals surface area (Å²) in [4.78, 5) is 23.9. The van der Waals surface area contributed by atoms with Gasteiger partial charge in [0.15, 0.2) is 5.65 Å². The zero-order valence-electron chi connectivity index (χ0n) is 14.7. The molecule has 0 fully saturated rings. The van der Waals surface area contributed by atoms with E-state index in [2.05, 4.69) is 20.3 Å². The molecular weight excluding hydrogens is 362 g/mol. The molecule has 4 rings (SSSR count). The van der Waals surface area contributed by atoms with Crippen molar-refractivity contribution in [2.24, 2.45) is 0 Å². The number of nitrogens with zero attached hydrogens (tertiary/aromatic N) is 2. The van der Waals surface area contributed by atoms with Gasteiger partial charge < -0.3 is 10.3 Å². The van der Waals surface area contributed by atoms with Crippen LogP contribution in [0.2, 0.25) is 0 Å². The first-order valence-corrected chi connectivity index (χ1v) is 8.68. The van der Waals surface area contributed by atoms with Crippen molar-refractivity contribution in [3.63, 3.8) is 0 Å². The van der Waals surface area contributed by atoms with Gasteiger partial charge in [0.25, 0.3) is 5.91 Å². The molecular formula is C21H16F2N4O. The van der Waals surface area contributed by atoms with Crippen molar-refractivity contribution in [1.82, 2.24) is 20.3 Å². The predicted molar refractivity (Wildman–Crippen MR) is 101 cm³/mol. The number of imidazole rings is 1. The van der Waals surface area contributed by atoms with E-state index >= 15 is 0 Å². The van der Waals surface area contributed by atoms with E-state index in [1.165, 1.54) is 36.8 Å². The van der Waals surface area contributed by atoms with Gasteiger partial charge in [0.05, 0.1) is 23.4 Å². The fourth-order valence-electron chi connectivity index (χ4n) is 3.07. The number of carbonyl (C=O) groups is 1. The van der Waals surface area contributed by atoms with Gasteiger partial charge in [-0.25, -0.2) is 18.7 Å². The highest BCUT2D eigenvalue weighted by molar-refractivity contribution is 5.96. The van der Waals surface area contributed by atoms with E-state index in [0.717, 1.165) is 0 Å². The first-order valence-electron chi connectivity index (χ1n) is 8.68. The van der Waals surface area contributed by atoms with Crippen LogP contribution >= 0.6 is 0 Å². The summed E-state index contributed by atoms with van der Waals surface area (Å²) in [5, 5.41) is 2.90. The third kappa shape index (κ3) is 3.88. The topological polar surface area (TPSA) is 70.7 Å².